The largest absolute Gasteiger partial charge is 0.448 e. The number of hydrogen-bond acceptors (Lipinski definition) is 2. The SMILES string of the molecule is Cc1cccc(C)c1CC1=CC2CCC(C1)N2C(=O)OCC1c2ccccc2-c2ccccc21. The maximum absolute atomic E-state index is 13.3. The summed E-state index contributed by atoms with van der Waals surface area (Å²) < 4.78 is 6.01. The first kappa shape index (κ1) is 21.2. The summed E-state index contributed by atoms with van der Waals surface area (Å²) in [5.41, 5.74) is 10.6. The predicted molar refractivity (Wildman–Crippen MR) is 136 cm³/mol. The van der Waals surface area contributed by atoms with Crippen molar-refractivity contribution in [2.75, 3.05) is 6.61 Å². The van der Waals surface area contributed by atoms with Crippen molar-refractivity contribution in [2.45, 2.75) is 57.5 Å². The van der Waals surface area contributed by atoms with Gasteiger partial charge >= 0.3 is 6.09 Å². The molecule has 3 aliphatic rings. The zero-order valence-corrected chi connectivity index (χ0v) is 20.0. The van der Waals surface area contributed by atoms with Gasteiger partial charge in [-0.3, -0.25) is 4.90 Å². The van der Waals surface area contributed by atoms with Crippen LogP contribution in [0.4, 0.5) is 4.79 Å². The number of benzene rings is 3. The van der Waals surface area contributed by atoms with Gasteiger partial charge in [0.05, 0.1) is 6.04 Å². The molecule has 2 bridgehead atoms. The molecule has 3 heteroatoms. The molecule has 3 aromatic carbocycles. The van der Waals surface area contributed by atoms with Gasteiger partial charge in [-0.05, 0) is 78.5 Å². The minimum Gasteiger partial charge on any atom is -0.448 e. The lowest BCUT2D eigenvalue weighted by molar-refractivity contribution is 0.0849. The van der Waals surface area contributed by atoms with E-state index >= 15 is 0 Å². The molecule has 1 aliphatic carbocycles. The van der Waals surface area contributed by atoms with Gasteiger partial charge in [-0.2, -0.15) is 0 Å². The van der Waals surface area contributed by atoms with Gasteiger partial charge < -0.3 is 4.74 Å². The maximum Gasteiger partial charge on any atom is 0.410 e. The number of hydrogen-bond donors (Lipinski definition) is 0. The van der Waals surface area contributed by atoms with E-state index in [4.69, 9.17) is 4.74 Å². The van der Waals surface area contributed by atoms with Crippen molar-refractivity contribution in [3.63, 3.8) is 0 Å². The van der Waals surface area contributed by atoms with Crippen molar-refractivity contribution < 1.29 is 9.53 Å². The Morgan fingerprint density at radius 1 is 0.882 bits per heavy atom. The van der Waals surface area contributed by atoms with Crippen LogP contribution in [0.5, 0.6) is 0 Å². The van der Waals surface area contributed by atoms with Gasteiger partial charge in [-0.25, -0.2) is 4.79 Å². The molecule has 1 amide bonds. The second-order valence-corrected chi connectivity index (χ2v) is 10.1. The smallest absolute Gasteiger partial charge is 0.410 e. The summed E-state index contributed by atoms with van der Waals surface area (Å²) in [5.74, 6) is 0.105. The Kier molecular flexibility index (Phi) is 5.28. The molecule has 0 N–H and O–H groups in total. The van der Waals surface area contributed by atoms with Crippen LogP contribution in [-0.4, -0.2) is 29.7 Å². The quantitative estimate of drug-likeness (QED) is 0.403. The fourth-order valence-electron chi connectivity index (χ4n) is 6.36. The van der Waals surface area contributed by atoms with Crippen molar-refractivity contribution in [3.05, 3.63) is 106 Å². The number of carbonyl (C=O) groups is 1. The highest BCUT2D eigenvalue weighted by molar-refractivity contribution is 5.79. The summed E-state index contributed by atoms with van der Waals surface area (Å²) in [6, 6.07) is 23.9. The summed E-state index contributed by atoms with van der Waals surface area (Å²) >= 11 is 0. The van der Waals surface area contributed by atoms with E-state index in [1.807, 2.05) is 4.90 Å². The van der Waals surface area contributed by atoms with E-state index in [9.17, 15) is 4.79 Å². The van der Waals surface area contributed by atoms with Crippen molar-refractivity contribution in [3.8, 4) is 11.1 Å². The number of nitrogens with zero attached hydrogens (tertiary/aromatic N) is 1. The average Bonchev–Trinajstić information content (AvgIpc) is 3.31. The summed E-state index contributed by atoms with van der Waals surface area (Å²) in [6.07, 6.45) is 6.22. The van der Waals surface area contributed by atoms with Gasteiger partial charge in [-0.15, -0.1) is 0 Å². The van der Waals surface area contributed by atoms with Crippen LogP contribution < -0.4 is 0 Å². The molecule has 0 aromatic heterocycles. The van der Waals surface area contributed by atoms with E-state index in [2.05, 4.69) is 86.7 Å². The monoisotopic (exact) mass is 449 g/mol. The van der Waals surface area contributed by atoms with Gasteiger partial charge in [0, 0.05) is 12.0 Å². The zero-order valence-electron chi connectivity index (χ0n) is 20.0. The molecule has 0 saturated carbocycles. The Hall–Kier alpha value is -3.33. The van der Waals surface area contributed by atoms with Crippen LogP contribution in [0.15, 0.2) is 78.4 Å². The molecule has 2 atom stereocenters. The minimum absolute atomic E-state index is 0.105. The highest BCUT2D eigenvalue weighted by Gasteiger charge is 2.41. The lowest BCUT2D eigenvalue weighted by atomic mass is 9.91. The second kappa shape index (κ2) is 8.47. The Bertz CT molecular complexity index is 1220. The number of rotatable bonds is 4. The van der Waals surface area contributed by atoms with E-state index in [0.717, 1.165) is 25.7 Å². The van der Waals surface area contributed by atoms with E-state index in [1.54, 1.807) is 0 Å². The van der Waals surface area contributed by atoms with Gasteiger partial charge in [0.2, 0.25) is 0 Å². The van der Waals surface area contributed by atoms with Crippen LogP contribution in [0, 0.1) is 13.8 Å². The number of amides is 1. The molecular formula is C31H31NO2. The molecule has 34 heavy (non-hydrogen) atoms. The Morgan fingerprint density at radius 2 is 1.53 bits per heavy atom. The molecule has 1 saturated heterocycles. The third-order valence-electron chi connectivity index (χ3n) is 8.07. The van der Waals surface area contributed by atoms with E-state index in [1.165, 1.54) is 44.5 Å². The highest BCUT2D eigenvalue weighted by Crippen LogP contribution is 2.45. The van der Waals surface area contributed by atoms with Crippen molar-refractivity contribution >= 4 is 6.09 Å². The standard InChI is InChI=1S/C31H31NO2/c1-20-8-7-9-21(2)29(20)18-22-16-23-14-15-24(17-22)32(23)31(33)34-19-30-27-12-5-3-10-25(27)26-11-4-6-13-28(26)30/h3-13,16,23-24,30H,14-15,17-19H2,1-2H3. The molecule has 0 spiro atoms. The molecule has 2 unspecified atom stereocenters. The van der Waals surface area contributed by atoms with Gasteiger partial charge in [0.25, 0.3) is 0 Å². The zero-order chi connectivity index (χ0) is 23.2. The molecule has 172 valence electrons. The third-order valence-corrected chi connectivity index (χ3v) is 8.07. The lowest BCUT2D eigenvalue weighted by Gasteiger charge is -2.34. The number of carbonyl (C=O) groups excluding carboxylic acids is 1. The average molecular weight is 450 g/mol. The van der Waals surface area contributed by atoms with Crippen LogP contribution in [0.3, 0.4) is 0 Å². The first-order valence-corrected chi connectivity index (χ1v) is 12.5. The first-order chi connectivity index (χ1) is 16.6. The molecule has 1 fully saturated rings. The normalized spacial score (nSPS) is 20.6. The molecule has 3 nitrogen and oxygen atoms in total. The van der Waals surface area contributed by atoms with Crippen molar-refractivity contribution in [1.82, 2.24) is 4.90 Å². The minimum atomic E-state index is -0.156. The fourth-order valence-corrected chi connectivity index (χ4v) is 6.36. The van der Waals surface area contributed by atoms with Gasteiger partial charge in [0.1, 0.15) is 6.61 Å². The van der Waals surface area contributed by atoms with Crippen LogP contribution in [-0.2, 0) is 11.2 Å². The molecule has 6 rings (SSSR count). The van der Waals surface area contributed by atoms with Crippen molar-refractivity contribution in [1.29, 1.82) is 0 Å². The number of aryl methyl sites for hydroxylation is 2. The lowest BCUT2D eigenvalue weighted by Crippen LogP contribution is -2.44. The molecule has 2 heterocycles. The highest BCUT2D eigenvalue weighted by atomic mass is 16.6. The van der Waals surface area contributed by atoms with Crippen LogP contribution >= 0.6 is 0 Å². The van der Waals surface area contributed by atoms with Crippen LogP contribution in [0.1, 0.15) is 53.0 Å². The predicted octanol–water partition coefficient (Wildman–Crippen LogP) is 6.96. The maximum atomic E-state index is 13.3. The summed E-state index contributed by atoms with van der Waals surface area (Å²) in [4.78, 5) is 15.3. The molecule has 3 aromatic rings. The van der Waals surface area contributed by atoms with Gasteiger partial charge in [-0.1, -0.05) is 78.4 Å². The van der Waals surface area contributed by atoms with E-state index < -0.39 is 0 Å². The van der Waals surface area contributed by atoms with E-state index in [0.29, 0.717) is 6.61 Å². The molecule has 2 aliphatic heterocycles. The van der Waals surface area contributed by atoms with Crippen molar-refractivity contribution in [2.24, 2.45) is 0 Å². The van der Waals surface area contributed by atoms with Crippen LogP contribution in [0.25, 0.3) is 11.1 Å². The summed E-state index contributed by atoms with van der Waals surface area (Å²) in [6.45, 7) is 4.79. The van der Waals surface area contributed by atoms with Crippen LogP contribution in [0.2, 0.25) is 0 Å². The Morgan fingerprint density at radius 3 is 2.18 bits per heavy atom. The molecular weight excluding hydrogens is 418 g/mol. The first-order valence-electron chi connectivity index (χ1n) is 12.5. The van der Waals surface area contributed by atoms with Gasteiger partial charge in [0.15, 0.2) is 0 Å². The second-order valence-electron chi connectivity index (χ2n) is 10.1. The number of ether oxygens (including phenoxy) is 1. The Balaban J connectivity index is 1.17. The topological polar surface area (TPSA) is 29.5 Å². The third kappa shape index (κ3) is 3.55. The summed E-state index contributed by atoms with van der Waals surface area (Å²) in [5, 5.41) is 0. The van der Waals surface area contributed by atoms with E-state index in [-0.39, 0.29) is 24.1 Å². The Labute approximate surface area is 202 Å². The summed E-state index contributed by atoms with van der Waals surface area (Å²) in [7, 11) is 0. The number of fused-ring (bicyclic) bond motifs is 5. The molecule has 0 radical (unpaired) electrons. The fraction of sp³-hybridized carbons (Fsp3) is 0.323.